The highest BCUT2D eigenvalue weighted by Crippen LogP contribution is 2.30. The van der Waals surface area contributed by atoms with E-state index in [1.807, 2.05) is 13.0 Å². The Labute approximate surface area is 130 Å². The number of ether oxygens (including phenoxy) is 2. The second-order valence-corrected chi connectivity index (χ2v) is 6.24. The first-order chi connectivity index (χ1) is 9.64. The van der Waals surface area contributed by atoms with E-state index in [0.29, 0.717) is 10.8 Å². The second-order valence-electron chi connectivity index (χ2n) is 5.83. The van der Waals surface area contributed by atoms with Gasteiger partial charge in [0.25, 0.3) is 0 Å². The standard InChI is InChI=1S/C15H23ClN2O3/c1-9-6-13(20-5)11(16)7-10(9)12(17)8-18-14(19)21-15(2,3)4/h6-7,12H,8,17H2,1-5H3,(H,18,19). The van der Waals surface area contributed by atoms with E-state index in [0.717, 1.165) is 11.1 Å². The smallest absolute Gasteiger partial charge is 0.407 e. The van der Waals surface area contributed by atoms with Crippen LogP contribution >= 0.6 is 11.6 Å². The first-order valence-electron chi connectivity index (χ1n) is 6.70. The predicted octanol–water partition coefficient (Wildman–Crippen LogP) is 3.18. The Bertz CT molecular complexity index is 512. The summed E-state index contributed by atoms with van der Waals surface area (Å²) in [5.41, 5.74) is 7.38. The Morgan fingerprint density at radius 3 is 2.57 bits per heavy atom. The monoisotopic (exact) mass is 314 g/mol. The molecule has 0 radical (unpaired) electrons. The third kappa shape index (κ3) is 5.44. The molecule has 0 aliphatic rings. The van der Waals surface area contributed by atoms with Crippen molar-refractivity contribution < 1.29 is 14.3 Å². The summed E-state index contributed by atoms with van der Waals surface area (Å²) in [6, 6.07) is 3.21. The molecule has 0 fully saturated rings. The number of nitrogens with one attached hydrogen (secondary N) is 1. The van der Waals surface area contributed by atoms with Gasteiger partial charge in [-0.15, -0.1) is 0 Å². The SMILES string of the molecule is COc1cc(C)c(C(N)CNC(=O)OC(C)(C)C)cc1Cl. The van der Waals surface area contributed by atoms with Crippen molar-refractivity contribution >= 4 is 17.7 Å². The molecular formula is C15H23ClN2O3. The summed E-state index contributed by atoms with van der Waals surface area (Å²) in [5.74, 6) is 0.602. The molecule has 0 heterocycles. The van der Waals surface area contributed by atoms with Gasteiger partial charge < -0.3 is 20.5 Å². The van der Waals surface area contributed by atoms with Gasteiger partial charge in [0.15, 0.2) is 0 Å². The number of methoxy groups -OCH3 is 1. The van der Waals surface area contributed by atoms with E-state index >= 15 is 0 Å². The minimum atomic E-state index is -0.534. The van der Waals surface area contributed by atoms with Crippen molar-refractivity contribution in [2.24, 2.45) is 5.73 Å². The minimum absolute atomic E-state index is 0.262. The highest BCUT2D eigenvalue weighted by Gasteiger charge is 2.18. The summed E-state index contributed by atoms with van der Waals surface area (Å²) in [6.07, 6.45) is -0.491. The van der Waals surface area contributed by atoms with Gasteiger partial charge >= 0.3 is 6.09 Å². The lowest BCUT2D eigenvalue weighted by molar-refractivity contribution is 0.0524. The van der Waals surface area contributed by atoms with Crippen LogP contribution in [0.5, 0.6) is 5.75 Å². The Morgan fingerprint density at radius 2 is 2.05 bits per heavy atom. The van der Waals surface area contributed by atoms with Crippen LogP contribution in [0.1, 0.15) is 37.9 Å². The number of carbonyl (C=O) groups excluding carboxylic acids is 1. The fourth-order valence-corrected chi connectivity index (χ4v) is 2.09. The van der Waals surface area contributed by atoms with Crippen LogP contribution in [0.15, 0.2) is 12.1 Å². The van der Waals surface area contributed by atoms with Crippen LogP contribution in [0.3, 0.4) is 0 Å². The maximum absolute atomic E-state index is 11.6. The third-order valence-electron chi connectivity index (χ3n) is 2.81. The van der Waals surface area contributed by atoms with Crippen molar-refractivity contribution in [1.82, 2.24) is 5.32 Å². The van der Waals surface area contributed by atoms with Gasteiger partial charge in [-0.3, -0.25) is 0 Å². The van der Waals surface area contributed by atoms with E-state index in [-0.39, 0.29) is 12.6 Å². The lowest BCUT2D eigenvalue weighted by atomic mass is 10.0. The summed E-state index contributed by atoms with van der Waals surface area (Å²) in [4.78, 5) is 11.6. The summed E-state index contributed by atoms with van der Waals surface area (Å²) in [6.45, 7) is 7.60. The number of alkyl carbamates (subject to hydrolysis) is 1. The molecule has 0 spiro atoms. The number of halogens is 1. The van der Waals surface area contributed by atoms with Crippen LogP contribution in [-0.4, -0.2) is 25.3 Å². The van der Waals surface area contributed by atoms with Gasteiger partial charge in [0, 0.05) is 12.6 Å². The molecule has 21 heavy (non-hydrogen) atoms. The predicted molar refractivity (Wildman–Crippen MR) is 83.9 cm³/mol. The van der Waals surface area contributed by atoms with Crippen LogP contribution in [0.25, 0.3) is 0 Å². The molecule has 0 aliphatic carbocycles. The van der Waals surface area contributed by atoms with Gasteiger partial charge in [-0.25, -0.2) is 4.79 Å². The number of hydrogen-bond donors (Lipinski definition) is 2. The molecule has 0 saturated heterocycles. The zero-order valence-corrected chi connectivity index (χ0v) is 13.9. The number of amides is 1. The maximum Gasteiger partial charge on any atom is 0.407 e. The number of carbonyl (C=O) groups is 1. The zero-order valence-electron chi connectivity index (χ0n) is 13.1. The molecule has 1 rings (SSSR count). The molecular weight excluding hydrogens is 292 g/mol. The van der Waals surface area contributed by atoms with Crippen molar-refractivity contribution in [1.29, 1.82) is 0 Å². The van der Waals surface area contributed by atoms with Crippen molar-refractivity contribution in [2.45, 2.75) is 39.3 Å². The highest BCUT2D eigenvalue weighted by atomic mass is 35.5. The molecule has 1 aromatic rings. The van der Waals surface area contributed by atoms with Crippen molar-refractivity contribution in [3.63, 3.8) is 0 Å². The number of nitrogens with two attached hydrogens (primary N) is 1. The third-order valence-corrected chi connectivity index (χ3v) is 3.10. The van der Waals surface area contributed by atoms with E-state index < -0.39 is 11.7 Å². The summed E-state index contributed by atoms with van der Waals surface area (Å²) < 4.78 is 10.3. The zero-order chi connectivity index (χ0) is 16.2. The van der Waals surface area contributed by atoms with E-state index in [9.17, 15) is 4.79 Å². The fraction of sp³-hybridized carbons (Fsp3) is 0.533. The van der Waals surface area contributed by atoms with Gasteiger partial charge in [0.1, 0.15) is 11.4 Å². The molecule has 5 nitrogen and oxygen atoms in total. The lowest BCUT2D eigenvalue weighted by Gasteiger charge is -2.21. The Balaban J connectivity index is 2.70. The number of rotatable bonds is 4. The Hall–Kier alpha value is -1.46. The minimum Gasteiger partial charge on any atom is -0.495 e. The molecule has 1 aromatic carbocycles. The van der Waals surface area contributed by atoms with Crippen LogP contribution in [0.4, 0.5) is 4.79 Å². The largest absolute Gasteiger partial charge is 0.495 e. The van der Waals surface area contributed by atoms with Crippen LogP contribution in [0.2, 0.25) is 5.02 Å². The summed E-state index contributed by atoms with van der Waals surface area (Å²) >= 11 is 6.10. The lowest BCUT2D eigenvalue weighted by Crippen LogP contribution is -2.36. The molecule has 0 aliphatic heterocycles. The van der Waals surface area contributed by atoms with E-state index in [1.54, 1.807) is 33.9 Å². The van der Waals surface area contributed by atoms with Gasteiger partial charge in [-0.2, -0.15) is 0 Å². The molecule has 3 N–H and O–H groups in total. The van der Waals surface area contributed by atoms with E-state index in [2.05, 4.69) is 5.32 Å². The quantitative estimate of drug-likeness (QED) is 0.895. The molecule has 118 valence electrons. The number of hydrogen-bond acceptors (Lipinski definition) is 4. The normalized spacial score (nSPS) is 12.7. The van der Waals surface area contributed by atoms with Gasteiger partial charge in [-0.1, -0.05) is 11.6 Å². The first kappa shape index (κ1) is 17.6. The fourth-order valence-electron chi connectivity index (χ4n) is 1.84. The topological polar surface area (TPSA) is 73.6 Å². The van der Waals surface area contributed by atoms with Crippen molar-refractivity contribution in [3.8, 4) is 5.75 Å². The molecule has 1 atom stereocenters. The summed E-state index contributed by atoms with van der Waals surface area (Å²) in [7, 11) is 1.56. The van der Waals surface area contributed by atoms with Gasteiger partial charge in [-0.05, 0) is 51.0 Å². The molecule has 1 unspecified atom stereocenters. The Morgan fingerprint density at radius 1 is 1.43 bits per heavy atom. The first-order valence-corrected chi connectivity index (χ1v) is 7.08. The van der Waals surface area contributed by atoms with E-state index in [1.165, 1.54) is 0 Å². The molecule has 0 aromatic heterocycles. The molecule has 0 saturated carbocycles. The van der Waals surface area contributed by atoms with Gasteiger partial charge in [0.05, 0.1) is 12.1 Å². The maximum atomic E-state index is 11.6. The highest BCUT2D eigenvalue weighted by molar-refractivity contribution is 6.32. The molecule has 0 bridgehead atoms. The van der Waals surface area contributed by atoms with Gasteiger partial charge in [0.2, 0.25) is 0 Å². The number of aryl methyl sites for hydroxylation is 1. The summed E-state index contributed by atoms with van der Waals surface area (Å²) in [5, 5.41) is 3.14. The number of benzene rings is 1. The van der Waals surface area contributed by atoms with Crippen LogP contribution < -0.4 is 15.8 Å². The average Bonchev–Trinajstić information content (AvgIpc) is 2.36. The van der Waals surface area contributed by atoms with E-state index in [4.69, 9.17) is 26.8 Å². The average molecular weight is 315 g/mol. The molecule has 6 heteroatoms. The Kier molecular flexibility index (Phi) is 5.87. The van der Waals surface area contributed by atoms with Crippen molar-refractivity contribution in [3.05, 3.63) is 28.3 Å². The van der Waals surface area contributed by atoms with Crippen LogP contribution in [0, 0.1) is 6.92 Å². The second kappa shape index (κ2) is 7.00. The van der Waals surface area contributed by atoms with Crippen molar-refractivity contribution in [2.75, 3.05) is 13.7 Å². The molecule has 1 amide bonds. The van der Waals surface area contributed by atoms with Crippen LogP contribution in [-0.2, 0) is 4.74 Å².